The number of urea groups is 1. The molecule has 0 spiro atoms. The van der Waals surface area contributed by atoms with Crippen molar-refractivity contribution < 1.29 is 27.5 Å². The van der Waals surface area contributed by atoms with Crippen LogP contribution in [0, 0.1) is 5.82 Å². The maximum absolute atomic E-state index is 14.1. The number of nitrogens with one attached hydrogen (secondary N) is 1. The largest absolute Gasteiger partial charge is 0.507 e. The van der Waals surface area contributed by atoms with Crippen molar-refractivity contribution in [2.45, 2.75) is 55.8 Å². The number of phenolic OH excluding ortho intramolecular Hbond substituents is 1. The van der Waals surface area contributed by atoms with E-state index in [1.807, 2.05) is 6.92 Å². The van der Waals surface area contributed by atoms with Gasteiger partial charge in [-0.1, -0.05) is 19.4 Å². The van der Waals surface area contributed by atoms with E-state index in [4.69, 9.17) is 0 Å². The smallest absolute Gasteiger partial charge is 0.409 e. The third-order valence-electron chi connectivity index (χ3n) is 6.22. The molecule has 4 rings (SSSR count). The number of carbonyl (C=O) groups excluding carboxylic acids is 1. The molecule has 1 aromatic heterocycles. The molecule has 2 heterocycles. The van der Waals surface area contributed by atoms with Crippen molar-refractivity contribution in [3.63, 3.8) is 0 Å². The van der Waals surface area contributed by atoms with Gasteiger partial charge in [0.05, 0.1) is 29.3 Å². The maximum atomic E-state index is 14.1. The van der Waals surface area contributed by atoms with Gasteiger partial charge in [-0.05, 0) is 67.5 Å². The van der Waals surface area contributed by atoms with Crippen LogP contribution in [0.25, 0.3) is 5.69 Å². The van der Waals surface area contributed by atoms with E-state index in [1.165, 1.54) is 53.0 Å². The molecule has 2 unspecified atom stereocenters. The van der Waals surface area contributed by atoms with Gasteiger partial charge in [-0.3, -0.25) is 4.90 Å². The van der Waals surface area contributed by atoms with E-state index in [1.54, 1.807) is 18.4 Å². The zero-order chi connectivity index (χ0) is 26.0. The van der Waals surface area contributed by atoms with Gasteiger partial charge in [-0.15, -0.1) is 11.8 Å². The number of hydrogen-bond acceptors (Lipinski definition) is 4. The lowest BCUT2D eigenvalue weighted by Gasteiger charge is -2.37. The fraction of sp³-hybridized carbons (Fsp3) is 0.360. The van der Waals surface area contributed by atoms with Gasteiger partial charge in [-0.2, -0.15) is 18.3 Å². The van der Waals surface area contributed by atoms with Crippen molar-refractivity contribution in [2.75, 3.05) is 11.2 Å². The number of aromatic nitrogens is 2. The molecule has 36 heavy (non-hydrogen) atoms. The minimum absolute atomic E-state index is 0.0497. The standard InChI is InChI=1S/C25H26F4N4O2S/c1-3-4-18(15-5-11-21(34)22(13-15)36-2)31-24(35)32-20-14-30-33(17-8-6-16(26)7-9-17)19(20)10-12-23(32)25(27,28)29/h5-9,11,13-14,18,23,34H,3-4,10,12H2,1-2H3,(H,31,35). The molecule has 0 bridgehead atoms. The van der Waals surface area contributed by atoms with Crippen LogP contribution in [0.3, 0.4) is 0 Å². The Morgan fingerprint density at radius 3 is 2.61 bits per heavy atom. The Balaban J connectivity index is 1.70. The third-order valence-corrected chi connectivity index (χ3v) is 6.99. The predicted molar refractivity (Wildman–Crippen MR) is 130 cm³/mol. The van der Waals surface area contributed by atoms with Crippen molar-refractivity contribution in [1.29, 1.82) is 0 Å². The second-order valence-corrected chi connectivity index (χ2v) is 9.40. The molecule has 0 fully saturated rings. The topological polar surface area (TPSA) is 70.4 Å². The molecule has 2 aromatic carbocycles. The molecule has 6 nitrogen and oxygen atoms in total. The fourth-order valence-corrected chi connectivity index (χ4v) is 5.01. The summed E-state index contributed by atoms with van der Waals surface area (Å²) in [5, 5.41) is 17.0. The summed E-state index contributed by atoms with van der Waals surface area (Å²) in [6, 6.07) is 6.90. The van der Waals surface area contributed by atoms with Crippen LogP contribution >= 0.6 is 11.8 Å². The molecule has 2 N–H and O–H groups in total. The first-order valence-electron chi connectivity index (χ1n) is 11.5. The summed E-state index contributed by atoms with van der Waals surface area (Å²) in [6.45, 7) is 1.92. The summed E-state index contributed by atoms with van der Waals surface area (Å²) in [5.74, 6) is -0.349. The SMILES string of the molecule is CCCC(NC(=O)N1c2cnn(-c3ccc(F)cc3)c2CCC1C(F)(F)F)c1ccc(O)c(SC)c1. The number of nitrogens with zero attached hydrogens (tertiary/aromatic N) is 3. The molecule has 0 radical (unpaired) electrons. The van der Waals surface area contributed by atoms with Crippen molar-refractivity contribution in [3.8, 4) is 11.4 Å². The second kappa shape index (κ2) is 10.4. The third kappa shape index (κ3) is 5.16. The number of carbonyl (C=O) groups is 1. The maximum Gasteiger partial charge on any atom is 0.409 e. The predicted octanol–water partition coefficient (Wildman–Crippen LogP) is 6.37. The van der Waals surface area contributed by atoms with Crippen LogP contribution in [0.15, 0.2) is 53.6 Å². The van der Waals surface area contributed by atoms with Gasteiger partial charge in [0.15, 0.2) is 0 Å². The average Bonchev–Trinajstić information content (AvgIpc) is 3.27. The first-order chi connectivity index (χ1) is 17.1. The van der Waals surface area contributed by atoms with Crippen LogP contribution < -0.4 is 10.2 Å². The number of alkyl halides is 3. The number of rotatable bonds is 6. The Morgan fingerprint density at radius 2 is 1.97 bits per heavy atom. The number of benzene rings is 2. The first kappa shape index (κ1) is 25.9. The molecular weight excluding hydrogens is 496 g/mol. The molecule has 2 atom stereocenters. The number of thioether (sulfide) groups is 1. The molecule has 2 amide bonds. The van der Waals surface area contributed by atoms with Gasteiger partial charge >= 0.3 is 12.2 Å². The van der Waals surface area contributed by atoms with Crippen LogP contribution in [0.4, 0.5) is 28.0 Å². The molecule has 1 aliphatic heterocycles. The number of amides is 2. The summed E-state index contributed by atoms with van der Waals surface area (Å²) in [5.41, 5.74) is 1.69. The van der Waals surface area contributed by atoms with Crippen molar-refractivity contribution in [1.82, 2.24) is 15.1 Å². The van der Waals surface area contributed by atoms with E-state index in [9.17, 15) is 27.5 Å². The van der Waals surface area contributed by atoms with Gasteiger partial charge in [0.2, 0.25) is 0 Å². The van der Waals surface area contributed by atoms with E-state index in [-0.39, 0.29) is 24.3 Å². The lowest BCUT2D eigenvalue weighted by molar-refractivity contribution is -0.149. The fourth-order valence-electron chi connectivity index (χ4n) is 4.48. The Hall–Kier alpha value is -3.21. The zero-order valence-electron chi connectivity index (χ0n) is 19.7. The highest BCUT2D eigenvalue weighted by atomic mass is 32.2. The number of phenols is 1. The summed E-state index contributed by atoms with van der Waals surface area (Å²) in [6.07, 6.45) is -0.698. The highest BCUT2D eigenvalue weighted by Crippen LogP contribution is 2.39. The summed E-state index contributed by atoms with van der Waals surface area (Å²) in [4.78, 5) is 14.8. The zero-order valence-corrected chi connectivity index (χ0v) is 20.5. The van der Waals surface area contributed by atoms with Gasteiger partial charge in [0.25, 0.3) is 0 Å². The summed E-state index contributed by atoms with van der Waals surface area (Å²) < 4.78 is 57.0. The first-order valence-corrected chi connectivity index (χ1v) is 12.7. The number of hydrogen-bond donors (Lipinski definition) is 2. The summed E-state index contributed by atoms with van der Waals surface area (Å²) in [7, 11) is 0. The molecule has 0 saturated heterocycles. The molecule has 3 aromatic rings. The van der Waals surface area contributed by atoms with E-state index in [0.717, 1.165) is 4.90 Å². The van der Waals surface area contributed by atoms with Crippen LogP contribution in [0.1, 0.15) is 43.5 Å². The molecule has 0 saturated carbocycles. The molecule has 1 aliphatic rings. The minimum atomic E-state index is -4.64. The summed E-state index contributed by atoms with van der Waals surface area (Å²) >= 11 is 1.33. The average molecular weight is 523 g/mol. The number of aromatic hydroxyl groups is 1. The normalized spacial score (nSPS) is 16.5. The van der Waals surface area contributed by atoms with Gasteiger partial charge < -0.3 is 10.4 Å². The van der Waals surface area contributed by atoms with Gasteiger partial charge in [-0.25, -0.2) is 13.9 Å². The molecular formula is C25H26F4N4O2S. The minimum Gasteiger partial charge on any atom is -0.507 e. The van der Waals surface area contributed by atoms with E-state index in [0.29, 0.717) is 34.7 Å². The Kier molecular flexibility index (Phi) is 7.49. The number of fused-ring (bicyclic) bond motifs is 1. The van der Waals surface area contributed by atoms with Crippen LogP contribution in [-0.2, 0) is 6.42 Å². The Labute approximate surface area is 210 Å². The Morgan fingerprint density at radius 1 is 1.25 bits per heavy atom. The number of anilines is 1. The highest BCUT2D eigenvalue weighted by molar-refractivity contribution is 7.98. The lowest BCUT2D eigenvalue weighted by Crippen LogP contribution is -2.55. The van der Waals surface area contributed by atoms with Crippen molar-refractivity contribution in [3.05, 3.63) is 65.7 Å². The highest BCUT2D eigenvalue weighted by Gasteiger charge is 2.49. The van der Waals surface area contributed by atoms with Crippen LogP contribution in [-0.4, -0.2) is 39.4 Å². The van der Waals surface area contributed by atoms with E-state index in [2.05, 4.69) is 10.4 Å². The number of halogens is 4. The lowest BCUT2D eigenvalue weighted by atomic mass is 9.99. The van der Waals surface area contributed by atoms with Gasteiger partial charge in [0.1, 0.15) is 17.6 Å². The molecule has 0 aliphatic carbocycles. The van der Waals surface area contributed by atoms with Crippen molar-refractivity contribution in [2.24, 2.45) is 0 Å². The Bertz CT molecular complexity index is 1230. The van der Waals surface area contributed by atoms with E-state index >= 15 is 0 Å². The molecule has 11 heteroatoms. The van der Waals surface area contributed by atoms with Crippen LogP contribution in [0.2, 0.25) is 0 Å². The van der Waals surface area contributed by atoms with Crippen LogP contribution in [0.5, 0.6) is 5.75 Å². The monoisotopic (exact) mass is 522 g/mol. The quantitative estimate of drug-likeness (QED) is 0.291. The second-order valence-electron chi connectivity index (χ2n) is 8.55. The molecule has 192 valence electrons. The van der Waals surface area contributed by atoms with E-state index < -0.39 is 30.1 Å². The van der Waals surface area contributed by atoms with Gasteiger partial charge in [0, 0.05) is 4.90 Å². The van der Waals surface area contributed by atoms with Crippen molar-refractivity contribution >= 4 is 23.5 Å².